The van der Waals surface area contributed by atoms with Crippen molar-refractivity contribution in [3.63, 3.8) is 0 Å². The minimum atomic E-state index is -0.293. The second kappa shape index (κ2) is 9.02. The van der Waals surface area contributed by atoms with Crippen molar-refractivity contribution in [1.82, 2.24) is 4.57 Å². The monoisotopic (exact) mass is 417 g/mol. The van der Waals surface area contributed by atoms with Crippen molar-refractivity contribution in [2.24, 2.45) is 0 Å². The number of rotatable bonds is 7. The van der Waals surface area contributed by atoms with E-state index in [1.54, 1.807) is 0 Å². The summed E-state index contributed by atoms with van der Waals surface area (Å²) in [5.41, 5.74) is 5.13. The maximum Gasteiger partial charge on any atom is 0.354 e. The van der Waals surface area contributed by atoms with Crippen LogP contribution in [0, 0.1) is 13.8 Å². The molecule has 3 aromatic rings. The summed E-state index contributed by atoms with van der Waals surface area (Å²) in [6.45, 7) is 7.02. The van der Waals surface area contributed by atoms with Crippen molar-refractivity contribution in [2.45, 2.75) is 46.6 Å². The van der Waals surface area contributed by atoms with Crippen molar-refractivity contribution in [2.75, 3.05) is 6.61 Å². The number of benzene rings is 2. The van der Waals surface area contributed by atoms with Gasteiger partial charge in [0.1, 0.15) is 5.69 Å². The highest BCUT2D eigenvalue weighted by molar-refractivity contribution is 6.32. The summed E-state index contributed by atoms with van der Waals surface area (Å²) in [7, 11) is 0. The van der Waals surface area contributed by atoms with Crippen LogP contribution in [-0.4, -0.2) is 17.1 Å². The number of hydrogen-bond donors (Lipinski definition) is 0. The molecule has 0 unspecified atom stereocenters. The Hall–Kier alpha value is -1.97. The van der Waals surface area contributed by atoms with Crippen molar-refractivity contribution in [3.8, 4) is 0 Å². The summed E-state index contributed by atoms with van der Waals surface area (Å²) >= 11 is 12.4. The van der Waals surface area contributed by atoms with Crippen LogP contribution < -0.4 is 0 Å². The molecule has 3 nitrogen and oxygen atoms in total. The minimum absolute atomic E-state index is 0.293. The molecule has 0 radical (unpaired) electrons. The highest BCUT2D eigenvalue weighted by Gasteiger charge is 2.16. The lowest BCUT2D eigenvalue weighted by molar-refractivity contribution is 0.0514. The topological polar surface area (TPSA) is 31.2 Å². The van der Waals surface area contributed by atoms with Crippen LogP contribution in [0.25, 0.3) is 10.9 Å². The summed E-state index contributed by atoms with van der Waals surface area (Å²) in [5, 5.41) is 2.47. The van der Waals surface area contributed by atoms with Crippen LogP contribution in [0.1, 0.15) is 46.9 Å². The van der Waals surface area contributed by atoms with E-state index in [-0.39, 0.29) is 5.97 Å². The quantitative estimate of drug-likeness (QED) is 0.313. The first-order chi connectivity index (χ1) is 13.4. The van der Waals surface area contributed by atoms with Gasteiger partial charge < -0.3 is 9.30 Å². The second-order valence-corrected chi connectivity index (χ2v) is 7.92. The van der Waals surface area contributed by atoms with Crippen molar-refractivity contribution < 1.29 is 9.53 Å². The van der Waals surface area contributed by atoms with Gasteiger partial charge in [-0.2, -0.15) is 0 Å². The van der Waals surface area contributed by atoms with E-state index in [4.69, 9.17) is 27.9 Å². The molecule has 0 fully saturated rings. The standard InChI is InChI=1S/C23H25Cl2NO2/c1-4-28-23(27)21-14-18-13-19(24)8-9-20(18)26(21)10-6-5-7-17-11-15(2)22(25)16(3)12-17/h8-9,11-14H,4-7,10H2,1-3H3. The highest BCUT2D eigenvalue weighted by Crippen LogP contribution is 2.26. The predicted octanol–water partition coefficient (Wildman–Crippen LogP) is 6.76. The lowest BCUT2D eigenvalue weighted by atomic mass is 10.0. The molecule has 0 amide bonds. The van der Waals surface area contributed by atoms with Crippen molar-refractivity contribution in [3.05, 3.63) is 68.8 Å². The summed E-state index contributed by atoms with van der Waals surface area (Å²) in [4.78, 5) is 12.4. The van der Waals surface area contributed by atoms with Crippen LogP contribution in [0.15, 0.2) is 36.4 Å². The number of ether oxygens (including phenoxy) is 1. The third-order valence-corrected chi connectivity index (χ3v) is 5.77. The first kappa shape index (κ1) is 20.8. The maximum absolute atomic E-state index is 12.4. The fourth-order valence-corrected chi connectivity index (χ4v) is 3.93. The fourth-order valence-electron chi connectivity index (χ4n) is 3.64. The number of carbonyl (C=O) groups excluding carboxylic acids is 1. The van der Waals surface area contributed by atoms with E-state index < -0.39 is 0 Å². The molecule has 3 rings (SSSR count). The molecular formula is C23H25Cl2NO2. The number of esters is 1. The van der Waals surface area contributed by atoms with Gasteiger partial charge in [0.05, 0.1) is 6.61 Å². The molecule has 1 heterocycles. The van der Waals surface area contributed by atoms with Gasteiger partial charge in [-0.3, -0.25) is 0 Å². The Balaban J connectivity index is 1.74. The smallest absolute Gasteiger partial charge is 0.354 e. The molecule has 0 N–H and O–H groups in total. The van der Waals surface area contributed by atoms with Crippen LogP contribution in [0.2, 0.25) is 10.0 Å². The first-order valence-corrected chi connectivity index (χ1v) is 10.4. The Bertz CT molecular complexity index is 984. The predicted molar refractivity (Wildman–Crippen MR) is 117 cm³/mol. The van der Waals surface area contributed by atoms with Crippen LogP contribution >= 0.6 is 23.2 Å². The van der Waals surface area contributed by atoms with E-state index in [9.17, 15) is 4.79 Å². The molecule has 0 bridgehead atoms. The van der Waals surface area contributed by atoms with Gasteiger partial charge in [0.2, 0.25) is 0 Å². The number of nitrogens with zero attached hydrogens (tertiary/aromatic N) is 1. The molecular weight excluding hydrogens is 393 g/mol. The van der Waals surface area contributed by atoms with Gasteiger partial charge in [0.15, 0.2) is 0 Å². The lowest BCUT2D eigenvalue weighted by Gasteiger charge is -2.11. The summed E-state index contributed by atoms with van der Waals surface area (Å²) in [5.74, 6) is -0.293. The normalized spacial score (nSPS) is 11.2. The van der Waals surface area contributed by atoms with Gasteiger partial charge in [-0.25, -0.2) is 4.79 Å². The molecule has 1 aromatic heterocycles. The molecule has 28 heavy (non-hydrogen) atoms. The Kier molecular flexibility index (Phi) is 6.69. The number of aryl methyl sites for hydroxylation is 4. The highest BCUT2D eigenvalue weighted by atomic mass is 35.5. The number of halogens is 2. The molecule has 2 aromatic carbocycles. The molecule has 0 saturated heterocycles. The molecule has 5 heteroatoms. The number of aromatic nitrogens is 1. The summed E-state index contributed by atoms with van der Waals surface area (Å²) in [6.07, 6.45) is 2.97. The van der Waals surface area contributed by atoms with Crippen LogP contribution in [0.3, 0.4) is 0 Å². The number of fused-ring (bicyclic) bond motifs is 1. The van der Waals surface area contributed by atoms with E-state index in [1.165, 1.54) is 5.56 Å². The van der Waals surface area contributed by atoms with Gasteiger partial charge in [0.25, 0.3) is 0 Å². The molecule has 0 aliphatic carbocycles. The zero-order valence-corrected chi connectivity index (χ0v) is 18.0. The molecule has 0 aliphatic heterocycles. The number of hydrogen-bond acceptors (Lipinski definition) is 2. The lowest BCUT2D eigenvalue weighted by Crippen LogP contribution is -2.12. The van der Waals surface area contributed by atoms with Gasteiger partial charge in [-0.05, 0) is 81.0 Å². The third-order valence-electron chi connectivity index (χ3n) is 4.94. The van der Waals surface area contributed by atoms with Gasteiger partial charge >= 0.3 is 5.97 Å². The second-order valence-electron chi connectivity index (χ2n) is 7.11. The average molecular weight is 418 g/mol. The van der Waals surface area contributed by atoms with Crippen molar-refractivity contribution >= 4 is 40.1 Å². The number of carbonyl (C=O) groups is 1. The summed E-state index contributed by atoms with van der Waals surface area (Å²) < 4.78 is 7.28. The zero-order valence-electron chi connectivity index (χ0n) is 16.5. The zero-order chi connectivity index (χ0) is 20.3. The Morgan fingerprint density at radius 1 is 1.04 bits per heavy atom. The van der Waals surface area contributed by atoms with E-state index in [0.717, 1.165) is 52.9 Å². The molecule has 0 atom stereocenters. The van der Waals surface area contributed by atoms with E-state index in [1.807, 2.05) is 49.6 Å². The summed E-state index contributed by atoms with van der Waals surface area (Å²) in [6, 6.07) is 11.9. The Morgan fingerprint density at radius 2 is 1.75 bits per heavy atom. The minimum Gasteiger partial charge on any atom is -0.461 e. The largest absolute Gasteiger partial charge is 0.461 e. The van der Waals surface area contributed by atoms with E-state index in [2.05, 4.69) is 12.1 Å². The first-order valence-electron chi connectivity index (χ1n) is 9.62. The van der Waals surface area contributed by atoms with Gasteiger partial charge in [-0.15, -0.1) is 0 Å². The number of unbranched alkanes of at least 4 members (excludes halogenated alkanes) is 1. The molecule has 148 valence electrons. The Labute approximate surface area is 176 Å². The van der Waals surface area contributed by atoms with Crippen LogP contribution in [0.5, 0.6) is 0 Å². The van der Waals surface area contributed by atoms with Crippen LogP contribution in [-0.2, 0) is 17.7 Å². The fraction of sp³-hybridized carbons (Fsp3) is 0.348. The molecule has 0 aliphatic rings. The van der Waals surface area contributed by atoms with Crippen LogP contribution in [0.4, 0.5) is 0 Å². The SMILES string of the molecule is CCOC(=O)c1cc2cc(Cl)ccc2n1CCCCc1cc(C)c(Cl)c(C)c1. The van der Waals surface area contributed by atoms with E-state index >= 15 is 0 Å². The average Bonchev–Trinajstić information content (AvgIpc) is 3.01. The third kappa shape index (κ3) is 4.53. The van der Waals surface area contributed by atoms with Gasteiger partial charge in [0, 0.05) is 27.5 Å². The molecule has 0 saturated carbocycles. The Morgan fingerprint density at radius 3 is 2.43 bits per heavy atom. The molecule has 0 spiro atoms. The van der Waals surface area contributed by atoms with Gasteiger partial charge in [-0.1, -0.05) is 35.3 Å². The van der Waals surface area contributed by atoms with Crippen molar-refractivity contribution in [1.29, 1.82) is 0 Å². The van der Waals surface area contributed by atoms with E-state index in [0.29, 0.717) is 17.3 Å². The maximum atomic E-state index is 12.4.